The Balaban J connectivity index is 2.16. The molecule has 1 aliphatic heterocycles. The summed E-state index contributed by atoms with van der Waals surface area (Å²) < 4.78 is 24.8. The molecule has 1 amide bonds. The quantitative estimate of drug-likeness (QED) is 0.927. The lowest BCUT2D eigenvalue weighted by Crippen LogP contribution is -2.39. The Morgan fingerprint density at radius 3 is 2.80 bits per heavy atom. The van der Waals surface area contributed by atoms with E-state index < -0.39 is 10.0 Å². The first-order chi connectivity index (χ1) is 9.35. The predicted molar refractivity (Wildman–Crippen MR) is 79.2 cm³/mol. The topological polar surface area (TPSA) is 66.5 Å². The van der Waals surface area contributed by atoms with Gasteiger partial charge in [0.25, 0.3) is 5.91 Å². The van der Waals surface area contributed by atoms with Crippen LogP contribution in [-0.4, -0.2) is 38.6 Å². The highest BCUT2D eigenvalue weighted by molar-refractivity contribution is 7.92. The van der Waals surface area contributed by atoms with E-state index in [0.29, 0.717) is 17.2 Å². The van der Waals surface area contributed by atoms with E-state index in [2.05, 4.69) is 11.6 Å². The molecule has 1 aromatic rings. The molecule has 0 spiro atoms. The number of carbonyl (C=O) groups is 1. The Bertz CT molecular complexity index is 598. The summed E-state index contributed by atoms with van der Waals surface area (Å²) in [4.78, 5) is 14.3. The van der Waals surface area contributed by atoms with Gasteiger partial charge in [-0.3, -0.25) is 9.52 Å². The fourth-order valence-corrected chi connectivity index (χ4v) is 3.04. The van der Waals surface area contributed by atoms with E-state index in [0.717, 1.165) is 32.2 Å². The second kappa shape index (κ2) is 5.83. The number of likely N-dealkylation sites (tertiary alicyclic amines) is 1. The maximum Gasteiger partial charge on any atom is 0.253 e. The summed E-state index contributed by atoms with van der Waals surface area (Å²) in [7, 11) is -3.33. The first kappa shape index (κ1) is 14.8. The third-order valence-corrected chi connectivity index (χ3v) is 3.96. The van der Waals surface area contributed by atoms with Crippen LogP contribution in [-0.2, 0) is 10.0 Å². The molecule has 0 unspecified atom stereocenters. The summed E-state index contributed by atoms with van der Waals surface area (Å²) in [5.74, 6) is 0.485. The molecule has 6 heteroatoms. The summed E-state index contributed by atoms with van der Waals surface area (Å²) in [6.07, 6.45) is 3.27. The summed E-state index contributed by atoms with van der Waals surface area (Å²) >= 11 is 0. The van der Waals surface area contributed by atoms with Crippen molar-refractivity contribution in [3.63, 3.8) is 0 Å². The van der Waals surface area contributed by atoms with Gasteiger partial charge in [-0.05, 0) is 37.0 Å². The van der Waals surface area contributed by atoms with Crippen LogP contribution in [0.5, 0.6) is 0 Å². The number of nitrogens with zero attached hydrogens (tertiary/aromatic N) is 1. The monoisotopic (exact) mass is 296 g/mol. The van der Waals surface area contributed by atoms with Crippen LogP contribution < -0.4 is 4.72 Å². The lowest BCUT2D eigenvalue weighted by Gasteiger charge is -2.31. The van der Waals surface area contributed by atoms with Crippen LogP contribution >= 0.6 is 0 Å². The van der Waals surface area contributed by atoms with Gasteiger partial charge in [0.2, 0.25) is 10.0 Å². The van der Waals surface area contributed by atoms with E-state index in [4.69, 9.17) is 0 Å². The molecule has 0 bridgehead atoms. The van der Waals surface area contributed by atoms with Crippen LogP contribution in [0.25, 0.3) is 0 Å². The van der Waals surface area contributed by atoms with Crippen LogP contribution in [0.4, 0.5) is 5.69 Å². The number of anilines is 1. The Morgan fingerprint density at radius 2 is 2.15 bits per heavy atom. The largest absolute Gasteiger partial charge is 0.338 e. The minimum Gasteiger partial charge on any atom is -0.338 e. The molecule has 1 fully saturated rings. The maximum atomic E-state index is 12.4. The number of carbonyl (C=O) groups excluding carboxylic acids is 1. The van der Waals surface area contributed by atoms with Crippen LogP contribution in [0.3, 0.4) is 0 Å². The van der Waals surface area contributed by atoms with Crippen molar-refractivity contribution >= 4 is 21.6 Å². The van der Waals surface area contributed by atoms with E-state index in [1.54, 1.807) is 24.3 Å². The molecular formula is C14H20N2O3S. The number of nitrogens with one attached hydrogen (secondary N) is 1. The smallest absolute Gasteiger partial charge is 0.253 e. The highest BCUT2D eigenvalue weighted by Crippen LogP contribution is 2.19. The Morgan fingerprint density at radius 1 is 1.40 bits per heavy atom. The molecule has 5 nitrogen and oxygen atoms in total. The maximum absolute atomic E-state index is 12.4. The van der Waals surface area contributed by atoms with Crippen molar-refractivity contribution < 1.29 is 13.2 Å². The van der Waals surface area contributed by atoms with Gasteiger partial charge in [-0.25, -0.2) is 8.42 Å². The number of hydrogen-bond donors (Lipinski definition) is 1. The molecule has 2 rings (SSSR count). The Hall–Kier alpha value is -1.56. The first-order valence-electron chi connectivity index (χ1n) is 6.72. The number of rotatable bonds is 3. The van der Waals surface area contributed by atoms with Crippen molar-refractivity contribution in [2.75, 3.05) is 24.1 Å². The zero-order chi connectivity index (χ0) is 14.8. The molecule has 1 heterocycles. The van der Waals surface area contributed by atoms with E-state index in [1.165, 1.54) is 0 Å². The number of benzene rings is 1. The van der Waals surface area contributed by atoms with Crippen molar-refractivity contribution in [2.24, 2.45) is 5.92 Å². The van der Waals surface area contributed by atoms with Crippen LogP contribution in [0.1, 0.15) is 30.1 Å². The summed E-state index contributed by atoms with van der Waals surface area (Å²) in [6, 6.07) is 6.63. The number of sulfonamides is 1. The lowest BCUT2D eigenvalue weighted by molar-refractivity contribution is 0.0683. The molecule has 1 N–H and O–H groups in total. The second-order valence-corrected chi connectivity index (χ2v) is 7.20. The van der Waals surface area contributed by atoms with Gasteiger partial charge < -0.3 is 4.90 Å². The third kappa shape index (κ3) is 3.96. The van der Waals surface area contributed by atoms with Gasteiger partial charge in [-0.2, -0.15) is 0 Å². The van der Waals surface area contributed by atoms with Gasteiger partial charge in [-0.15, -0.1) is 0 Å². The molecule has 1 saturated heterocycles. The average molecular weight is 296 g/mol. The first-order valence-corrected chi connectivity index (χ1v) is 8.61. The number of piperidine rings is 1. The highest BCUT2D eigenvalue weighted by atomic mass is 32.2. The molecule has 110 valence electrons. The van der Waals surface area contributed by atoms with E-state index in [9.17, 15) is 13.2 Å². The van der Waals surface area contributed by atoms with Crippen molar-refractivity contribution in [1.29, 1.82) is 0 Å². The minimum absolute atomic E-state index is 0.0336. The van der Waals surface area contributed by atoms with Gasteiger partial charge in [0.05, 0.1) is 6.26 Å². The fourth-order valence-electron chi connectivity index (χ4n) is 2.49. The van der Waals surface area contributed by atoms with Gasteiger partial charge in [0.1, 0.15) is 0 Å². The van der Waals surface area contributed by atoms with Gasteiger partial charge in [-0.1, -0.05) is 13.0 Å². The molecule has 0 aliphatic carbocycles. The number of amides is 1. The van der Waals surface area contributed by atoms with E-state index in [1.807, 2.05) is 4.90 Å². The van der Waals surface area contributed by atoms with Gasteiger partial charge in [0, 0.05) is 24.3 Å². The van der Waals surface area contributed by atoms with Crippen molar-refractivity contribution in [1.82, 2.24) is 4.90 Å². The van der Waals surface area contributed by atoms with E-state index in [-0.39, 0.29) is 5.91 Å². The predicted octanol–water partition coefficient (Wildman–Crippen LogP) is 1.93. The molecule has 1 atom stereocenters. The van der Waals surface area contributed by atoms with Gasteiger partial charge in [0.15, 0.2) is 0 Å². The average Bonchev–Trinajstić information content (AvgIpc) is 2.36. The Kier molecular flexibility index (Phi) is 4.32. The standard InChI is InChI=1S/C14H20N2O3S/c1-11-5-4-8-16(10-11)14(17)12-6-3-7-13(9-12)15-20(2,18)19/h3,6-7,9,11,15H,4-5,8,10H2,1-2H3/t11-/m1/s1. The van der Waals surface area contributed by atoms with Crippen molar-refractivity contribution in [3.8, 4) is 0 Å². The molecule has 0 saturated carbocycles. The lowest BCUT2D eigenvalue weighted by atomic mass is 9.99. The van der Waals surface area contributed by atoms with Crippen LogP contribution in [0.2, 0.25) is 0 Å². The minimum atomic E-state index is -3.33. The molecule has 0 radical (unpaired) electrons. The third-order valence-electron chi connectivity index (χ3n) is 3.36. The summed E-state index contributed by atoms with van der Waals surface area (Å²) in [6.45, 7) is 3.68. The molecule has 0 aromatic heterocycles. The normalized spacial score (nSPS) is 19.7. The van der Waals surface area contributed by atoms with Crippen LogP contribution in [0.15, 0.2) is 24.3 Å². The van der Waals surface area contributed by atoms with Crippen molar-refractivity contribution in [2.45, 2.75) is 19.8 Å². The fraction of sp³-hybridized carbons (Fsp3) is 0.500. The van der Waals surface area contributed by atoms with Crippen LogP contribution in [0, 0.1) is 5.92 Å². The SMILES string of the molecule is C[C@@H]1CCCN(C(=O)c2cccc(NS(C)(=O)=O)c2)C1. The summed E-state index contributed by atoms with van der Waals surface area (Å²) in [5.41, 5.74) is 0.941. The summed E-state index contributed by atoms with van der Waals surface area (Å²) in [5, 5.41) is 0. The van der Waals surface area contributed by atoms with Gasteiger partial charge >= 0.3 is 0 Å². The molecule has 1 aromatic carbocycles. The number of hydrogen-bond acceptors (Lipinski definition) is 3. The zero-order valence-electron chi connectivity index (χ0n) is 11.8. The molecule has 1 aliphatic rings. The highest BCUT2D eigenvalue weighted by Gasteiger charge is 2.22. The van der Waals surface area contributed by atoms with Crippen molar-refractivity contribution in [3.05, 3.63) is 29.8 Å². The second-order valence-electron chi connectivity index (χ2n) is 5.45. The van der Waals surface area contributed by atoms with E-state index >= 15 is 0 Å². The zero-order valence-corrected chi connectivity index (χ0v) is 12.6. The molecular weight excluding hydrogens is 276 g/mol. The Labute approximate surface area is 120 Å². The molecule has 20 heavy (non-hydrogen) atoms.